The molecule has 6 heteroatoms. The molecule has 2 N–H and O–H groups in total. The molecule has 1 aliphatic heterocycles. The van der Waals surface area contributed by atoms with Crippen molar-refractivity contribution < 1.29 is 4.79 Å². The lowest BCUT2D eigenvalue weighted by Gasteiger charge is -2.33. The number of hydrogen-bond acceptors (Lipinski definition) is 3. The summed E-state index contributed by atoms with van der Waals surface area (Å²) in [5, 5.41) is 7.13. The quantitative estimate of drug-likeness (QED) is 0.547. The number of amides is 1. The van der Waals surface area contributed by atoms with E-state index in [1.54, 1.807) is 17.7 Å². The Kier molecular flexibility index (Phi) is 7.54. The number of nitrogens with zero attached hydrogens (tertiary/aromatic N) is 1. The van der Waals surface area contributed by atoms with Gasteiger partial charge in [-0.15, -0.1) is 0 Å². The van der Waals surface area contributed by atoms with Crippen molar-refractivity contribution in [2.24, 2.45) is 7.05 Å². The van der Waals surface area contributed by atoms with Gasteiger partial charge in [0.1, 0.15) is 0 Å². The maximum Gasteiger partial charge on any atom is 0.250 e. The average Bonchev–Trinajstić information content (AvgIpc) is 2.81. The van der Waals surface area contributed by atoms with Crippen LogP contribution in [0.15, 0.2) is 59.5 Å². The Morgan fingerprint density at radius 3 is 2.71 bits per heavy atom. The molecule has 1 amide bonds. The first kappa shape index (κ1) is 24.2. The van der Waals surface area contributed by atoms with Gasteiger partial charge in [-0.25, -0.2) is 0 Å². The minimum Gasteiger partial charge on any atom is -0.356 e. The topological polar surface area (TPSA) is 63.1 Å². The molecule has 0 radical (unpaired) electrons. The van der Waals surface area contributed by atoms with E-state index in [-0.39, 0.29) is 23.3 Å². The van der Waals surface area contributed by atoms with Gasteiger partial charge in [0.25, 0.3) is 5.56 Å². The predicted molar refractivity (Wildman–Crippen MR) is 139 cm³/mol. The number of halogens is 1. The van der Waals surface area contributed by atoms with Crippen LogP contribution in [0.5, 0.6) is 0 Å². The summed E-state index contributed by atoms with van der Waals surface area (Å²) in [5.41, 5.74) is 6.78. The molecule has 4 rings (SSSR count). The van der Waals surface area contributed by atoms with Crippen molar-refractivity contribution in [1.29, 1.82) is 0 Å². The van der Waals surface area contributed by atoms with Gasteiger partial charge >= 0.3 is 0 Å². The number of carbonyl (C=O) groups is 1. The number of pyridine rings is 1. The second kappa shape index (κ2) is 10.6. The molecule has 0 spiro atoms. The molecule has 178 valence electrons. The van der Waals surface area contributed by atoms with Gasteiger partial charge in [-0.05, 0) is 72.2 Å². The fourth-order valence-electron chi connectivity index (χ4n) is 4.92. The van der Waals surface area contributed by atoms with Gasteiger partial charge in [-0.3, -0.25) is 9.59 Å². The Balaban J connectivity index is 1.65. The number of nitrogens with one attached hydrogen (secondary N) is 2. The zero-order valence-corrected chi connectivity index (χ0v) is 20.8. The number of hydrogen-bond donors (Lipinski definition) is 2. The van der Waals surface area contributed by atoms with Crippen molar-refractivity contribution in [2.45, 2.75) is 38.5 Å². The highest BCUT2D eigenvalue weighted by Crippen LogP contribution is 2.41. The van der Waals surface area contributed by atoms with Crippen molar-refractivity contribution >= 4 is 17.5 Å². The standard InChI is InChI=1S/C28H32ClN3O2/c1-18-4-5-20(8-12-31-19(2)33)25(14-18)21-6-7-24(27(29)15-21)26-17-30-11-9-23(26)22-10-13-32(3)28(34)16-22/h4-7,10,13-16,23,26,30H,8-9,11-12,17H2,1-3H3,(H,31,33)/t23-,26+/m1/s1. The molecule has 3 aromatic rings. The van der Waals surface area contributed by atoms with Gasteiger partial charge in [0.05, 0.1) is 0 Å². The highest BCUT2D eigenvalue weighted by Gasteiger charge is 2.29. The van der Waals surface area contributed by atoms with Crippen molar-refractivity contribution in [1.82, 2.24) is 15.2 Å². The third kappa shape index (κ3) is 5.43. The second-order valence-electron chi connectivity index (χ2n) is 9.24. The number of carbonyl (C=O) groups excluding carboxylic acids is 1. The van der Waals surface area contributed by atoms with E-state index in [9.17, 15) is 9.59 Å². The van der Waals surface area contributed by atoms with E-state index < -0.39 is 0 Å². The molecule has 0 unspecified atom stereocenters. The van der Waals surface area contributed by atoms with Gasteiger partial charge in [-0.2, -0.15) is 0 Å². The van der Waals surface area contributed by atoms with Crippen molar-refractivity contribution in [3.05, 3.63) is 92.4 Å². The Bertz CT molecular complexity index is 1250. The fourth-order valence-corrected chi connectivity index (χ4v) is 5.25. The Morgan fingerprint density at radius 2 is 1.97 bits per heavy atom. The zero-order valence-electron chi connectivity index (χ0n) is 20.0. The first-order valence-electron chi connectivity index (χ1n) is 11.8. The Morgan fingerprint density at radius 1 is 1.15 bits per heavy atom. The van der Waals surface area contributed by atoms with Gasteiger partial charge in [0.2, 0.25) is 5.91 Å². The molecule has 5 nitrogen and oxygen atoms in total. The van der Waals surface area contributed by atoms with Crippen LogP contribution in [0.2, 0.25) is 5.02 Å². The van der Waals surface area contributed by atoms with Crippen LogP contribution in [-0.4, -0.2) is 30.1 Å². The molecular weight excluding hydrogens is 446 g/mol. The van der Waals surface area contributed by atoms with E-state index in [0.717, 1.165) is 53.2 Å². The number of aromatic nitrogens is 1. The third-order valence-electron chi connectivity index (χ3n) is 6.78. The molecule has 34 heavy (non-hydrogen) atoms. The van der Waals surface area contributed by atoms with E-state index in [0.29, 0.717) is 6.54 Å². The highest BCUT2D eigenvalue weighted by molar-refractivity contribution is 6.31. The third-order valence-corrected chi connectivity index (χ3v) is 7.11. The van der Waals surface area contributed by atoms with Crippen LogP contribution in [0.1, 0.15) is 47.4 Å². The van der Waals surface area contributed by atoms with Crippen LogP contribution >= 0.6 is 11.6 Å². The Labute approximate surface area is 206 Å². The molecule has 0 aliphatic carbocycles. The largest absolute Gasteiger partial charge is 0.356 e. The monoisotopic (exact) mass is 477 g/mol. The van der Waals surface area contributed by atoms with Gasteiger partial charge < -0.3 is 15.2 Å². The van der Waals surface area contributed by atoms with Crippen LogP contribution in [-0.2, 0) is 18.3 Å². The SMILES string of the molecule is CC(=O)NCCc1ccc(C)cc1-c1ccc([C@H]2CNCC[C@@H]2c2ccn(C)c(=O)c2)c(Cl)c1. The van der Waals surface area contributed by atoms with Gasteiger partial charge in [0.15, 0.2) is 0 Å². The van der Waals surface area contributed by atoms with Gasteiger partial charge in [0, 0.05) is 50.3 Å². The van der Waals surface area contributed by atoms with Crippen LogP contribution in [0.25, 0.3) is 11.1 Å². The van der Waals surface area contributed by atoms with Crippen LogP contribution in [0.3, 0.4) is 0 Å². The smallest absolute Gasteiger partial charge is 0.250 e. The molecule has 0 bridgehead atoms. The predicted octanol–water partition coefficient (Wildman–Crippen LogP) is 4.55. The number of piperidine rings is 1. The second-order valence-corrected chi connectivity index (χ2v) is 9.65. The van der Waals surface area contributed by atoms with Crippen LogP contribution < -0.4 is 16.2 Å². The summed E-state index contributed by atoms with van der Waals surface area (Å²) < 4.78 is 1.60. The summed E-state index contributed by atoms with van der Waals surface area (Å²) in [7, 11) is 1.78. The number of benzene rings is 2. The lowest BCUT2D eigenvalue weighted by molar-refractivity contribution is -0.118. The molecule has 2 heterocycles. The summed E-state index contributed by atoms with van der Waals surface area (Å²) in [6, 6.07) is 16.6. The first-order chi connectivity index (χ1) is 16.3. The van der Waals surface area contributed by atoms with E-state index in [4.69, 9.17) is 11.6 Å². The normalized spacial score (nSPS) is 18.0. The molecule has 2 atom stereocenters. The van der Waals surface area contributed by atoms with E-state index in [2.05, 4.69) is 60.0 Å². The summed E-state index contributed by atoms with van der Waals surface area (Å²) in [6.07, 6.45) is 3.56. The molecular formula is C28H32ClN3O2. The molecule has 1 aliphatic rings. The van der Waals surface area contributed by atoms with E-state index >= 15 is 0 Å². The number of aryl methyl sites for hydroxylation is 2. The molecule has 1 fully saturated rings. The summed E-state index contributed by atoms with van der Waals surface area (Å²) in [4.78, 5) is 23.6. The summed E-state index contributed by atoms with van der Waals surface area (Å²) in [6.45, 7) is 5.97. The first-order valence-corrected chi connectivity index (χ1v) is 12.2. The molecule has 2 aromatic carbocycles. The van der Waals surface area contributed by atoms with Gasteiger partial charge in [-0.1, -0.05) is 47.5 Å². The maximum atomic E-state index is 12.3. The minimum absolute atomic E-state index is 0.0162. The minimum atomic E-state index is -0.0204. The maximum absolute atomic E-state index is 12.3. The van der Waals surface area contributed by atoms with Crippen molar-refractivity contribution in [3.8, 4) is 11.1 Å². The van der Waals surface area contributed by atoms with Crippen molar-refractivity contribution in [2.75, 3.05) is 19.6 Å². The molecule has 0 saturated carbocycles. The number of rotatable bonds is 6. The fraction of sp³-hybridized carbons (Fsp3) is 0.357. The van der Waals surface area contributed by atoms with E-state index in [1.165, 1.54) is 18.1 Å². The summed E-state index contributed by atoms with van der Waals surface area (Å²) >= 11 is 6.91. The molecule has 1 aromatic heterocycles. The lowest BCUT2D eigenvalue weighted by atomic mass is 9.77. The highest BCUT2D eigenvalue weighted by atomic mass is 35.5. The van der Waals surface area contributed by atoms with Crippen molar-refractivity contribution in [3.63, 3.8) is 0 Å². The van der Waals surface area contributed by atoms with E-state index in [1.807, 2.05) is 6.20 Å². The van der Waals surface area contributed by atoms with Crippen LogP contribution in [0, 0.1) is 6.92 Å². The molecule has 1 saturated heterocycles. The summed E-state index contributed by atoms with van der Waals surface area (Å²) in [5.74, 6) is 0.415. The Hall–Kier alpha value is -2.89. The zero-order chi connectivity index (χ0) is 24.2. The average molecular weight is 478 g/mol. The van der Waals surface area contributed by atoms with Crippen LogP contribution in [0.4, 0.5) is 0 Å². The lowest BCUT2D eigenvalue weighted by Crippen LogP contribution is -2.34.